The number of carbonyl (C=O) groups is 1. The van der Waals surface area contributed by atoms with Gasteiger partial charge in [-0.15, -0.1) is 0 Å². The Hall–Kier alpha value is -2.59. The fraction of sp³-hybridized carbons (Fsp3) is 0.238. The summed E-state index contributed by atoms with van der Waals surface area (Å²) in [4.78, 5) is 17.3. The van der Waals surface area contributed by atoms with Crippen molar-refractivity contribution in [2.24, 2.45) is 0 Å². The highest BCUT2D eigenvalue weighted by Crippen LogP contribution is 2.49. The average molecular weight is 366 g/mol. The van der Waals surface area contributed by atoms with Gasteiger partial charge in [0.05, 0.1) is 17.8 Å². The van der Waals surface area contributed by atoms with Gasteiger partial charge in [-0.25, -0.2) is 4.98 Å². The van der Waals surface area contributed by atoms with Crippen molar-refractivity contribution >= 4 is 17.5 Å². The number of nitrogens with one attached hydrogen (secondary N) is 1. The number of aromatic nitrogens is 2. The first-order chi connectivity index (χ1) is 12.7. The van der Waals surface area contributed by atoms with Crippen molar-refractivity contribution < 1.29 is 4.79 Å². The van der Waals surface area contributed by atoms with Gasteiger partial charge in [0.2, 0.25) is 5.91 Å². The fourth-order valence-corrected chi connectivity index (χ4v) is 3.49. The lowest BCUT2D eigenvalue weighted by Crippen LogP contribution is -2.38. The van der Waals surface area contributed by atoms with Crippen LogP contribution in [0.4, 0.5) is 0 Å². The maximum atomic E-state index is 13.2. The summed E-state index contributed by atoms with van der Waals surface area (Å²) in [5.74, 6) is 0.0776. The summed E-state index contributed by atoms with van der Waals surface area (Å²) in [6.45, 7) is 0.645. The molecule has 1 aliphatic carbocycles. The lowest BCUT2D eigenvalue weighted by Gasteiger charge is -2.23. The van der Waals surface area contributed by atoms with E-state index < -0.39 is 5.41 Å². The quantitative estimate of drug-likeness (QED) is 0.714. The third kappa shape index (κ3) is 3.37. The van der Waals surface area contributed by atoms with E-state index in [-0.39, 0.29) is 11.9 Å². The summed E-state index contributed by atoms with van der Waals surface area (Å²) < 4.78 is 1.99. The molecule has 4 rings (SSSR count). The molecule has 1 aromatic heterocycles. The standard InChI is InChI=1S/C21H20ClN3O/c22-18-8-6-17(7-9-18)21(10-11-21)20(26)24-19(14-25-13-12-23-15-25)16-4-2-1-3-5-16/h1-9,12-13,15,19H,10-11,14H2,(H,24,26)/t19-/m0/s1. The van der Waals surface area contributed by atoms with E-state index in [1.165, 1.54) is 0 Å². The minimum absolute atomic E-state index is 0.0776. The van der Waals surface area contributed by atoms with E-state index in [0.717, 1.165) is 24.0 Å². The SMILES string of the molecule is O=C(N[C@@H](Cn1ccnc1)c1ccccc1)C1(c2ccc(Cl)cc2)CC1. The fourth-order valence-electron chi connectivity index (χ4n) is 3.36. The van der Waals surface area contributed by atoms with Gasteiger partial charge < -0.3 is 9.88 Å². The number of amides is 1. The Morgan fingerprint density at radius 2 is 1.88 bits per heavy atom. The van der Waals surface area contributed by atoms with Crippen molar-refractivity contribution in [2.75, 3.05) is 0 Å². The summed E-state index contributed by atoms with van der Waals surface area (Å²) in [6, 6.07) is 17.6. The molecule has 0 spiro atoms. The molecule has 132 valence electrons. The van der Waals surface area contributed by atoms with E-state index >= 15 is 0 Å². The van der Waals surface area contributed by atoms with Gasteiger partial charge in [-0.3, -0.25) is 4.79 Å². The lowest BCUT2D eigenvalue weighted by molar-refractivity contribution is -0.124. The largest absolute Gasteiger partial charge is 0.347 e. The first-order valence-corrected chi connectivity index (χ1v) is 9.13. The maximum Gasteiger partial charge on any atom is 0.231 e. The number of rotatable bonds is 6. The molecule has 1 amide bonds. The zero-order valence-electron chi connectivity index (χ0n) is 14.3. The Kier molecular flexibility index (Phi) is 4.51. The molecule has 0 radical (unpaired) electrons. The summed E-state index contributed by atoms with van der Waals surface area (Å²) in [5, 5.41) is 3.95. The van der Waals surface area contributed by atoms with Crippen LogP contribution < -0.4 is 5.32 Å². The molecule has 5 heteroatoms. The minimum atomic E-state index is -0.424. The summed E-state index contributed by atoms with van der Waals surface area (Å²) in [7, 11) is 0. The second-order valence-corrected chi connectivity index (χ2v) is 7.22. The second-order valence-electron chi connectivity index (χ2n) is 6.79. The van der Waals surface area contributed by atoms with Crippen LogP contribution in [0.25, 0.3) is 0 Å². The van der Waals surface area contributed by atoms with Crippen molar-refractivity contribution in [2.45, 2.75) is 30.8 Å². The average Bonchev–Trinajstić information content (AvgIpc) is 3.32. The van der Waals surface area contributed by atoms with Crippen LogP contribution in [0.15, 0.2) is 73.3 Å². The van der Waals surface area contributed by atoms with Crippen LogP contribution in [0.1, 0.15) is 30.0 Å². The Balaban J connectivity index is 1.57. The molecule has 1 fully saturated rings. The summed E-state index contributed by atoms with van der Waals surface area (Å²) >= 11 is 6.00. The molecule has 0 saturated heterocycles. The van der Waals surface area contributed by atoms with Gasteiger partial charge in [0.25, 0.3) is 0 Å². The van der Waals surface area contributed by atoms with Crippen molar-refractivity contribution in [1.82, 2.24) is 14.9 Å². The van der Waals surface area contributed by atoms with Gasteiger partial charge in [0.1, 0.15) is 0 Å². The second kappa shape index (κ2) is 6.96. The van der Waals surface area contributed by atoms with E-state index in [1.54, 1.807) is 12.5 Å². The van der Waals surface area contributed by atoms with Crippen LogP contribution in [0.2, 0.25) is 5.02 Å². The Morgan fingerprint density at radius 1 is 1.15 bits per heavy atom. The van der Waals surface area contributed by atoms with Crippen LogP contribution in [0.3, 0.4) is 0 Å². The van der Waals surface area contributed by atoms with Gasteiger partial charge in [-0.2, -0.15) is 0 Å². The molecule has 1 saturated carbocycles. The van der Waals surface area contributed by atoms with E-state index in [0.29, 0.717) is 11.6 Å². The number of benzene rings is 2. The zero-order valence-corrected chi connectivity index (χ0v) is 15.1. The molecule has 0 unspecified atom stereocenters. The number of carbonyl (C=O) groups excluding carboxylic acids is 1. The highest BCUT2D eigenvalue weighted by Gasteiger charge is 2.51. The number of imidazole rings is 1. The molecule has 0 bridgehead atoms. The molecule has 3 aromatic rings. The number of hydrogen-bond donors (Lipinski definition) is 1. The Bertz CT molecular complexity index is 871. The molecule has 2 aromatic carbocycles. The molecule has 26 heavy (non-hydrogen) atoms. The van der Waals surface area contributed by atoms with Gasteiger partial charge >= 0.3 is 0 Å². The molecule has 1 N–H and O–H groups in total. The van der Waals surface area contributed by atoms with Crippen molar-refractivity contribution in [1.29, 1.82) is 0 Å². The Labute approximate surface area is 157 Å². The minimum Gasteiger partial charge on any atom is -0.347 e. The van der Waals surface area contributed by atoms with Crippen LogP contribution in [0.5, 0.6) is 0 Å². The van der Waals surface area contributed by atoms with Gasteiger partial charge in [0.15, 0.2) is 0 Å². The van der Waals surface area contributed by atoms with Gasteiger partial charge in [0, 0.05) is 24.0 Å². The predicted molar refractivity (Wildman–Crippen MR) is 102 cm³/mol. The van der Waals surface area contributed by atoms with Crippen LogP contribution in [0, 0.1) is 0 Å². The molecule has 1 heterocycles. The van der Waals surface area contributed by atoms with Gasteiger partial charge in [-0.1, -0.05) is 54.1 Å². The van der Waals surface area contributed by atoms with Crippen molar-refractivity contribution in [3.8, 4) is 0 Å². The first kappa shape index (κ1) is 16.9. The zero-order chi connectivity index (χ0) is 18.0. The molecule has 1 aliphatic rings. The Morgan fingerprint density at radius 3 is 2.50 bits per heavy atom. The van der Waals surface area contributed by atoms with Crippen LogP contribution >= 0.6 is 11.6 Å². The molecular formula is C21H20ClN3O. The maximum absolute atomic E-state index is 13.2. The van der Waals surface area contributed by atoms with E-state index in [4.69, 9.17) is 11.6 Å². The van der Waals surface area contributed by atoms with Crippen LogP contribution in [-0.2, 0) is 16.8 Å². The topological polar surface area (TPSA) is 46.9 Å². The number of halogens is 1. The summed E-state index contributed by atoms with van der Waals surface area (Å²) in [6.07, 6.45) is 7.17. The third-order valence-corrected chi connectivity index (χ3v) is 5.29. The molecule has 0 aliphatic heterocycles. The van der Waals surface area contributed by atoms with Crippen molar-refractivity contribution in [3.05, 3.63) is 89.5 Å². The van der Waals surface area contributed by atoms with E-state index in [9.17, 15) is 4.79 Å². The number of nitrogens with zero attached hydrogens (tertiary/aromatic N) is 2. The highest BCUT2D eigenvalue weighted by molar-refractivity contribution is 6.30. The number of hydrogen-bond acceptors (Lipinski definition) is 2. The molecule has 4 nitrogen and oxygen atoms in total. The third-order valence-electron chi connectivity index (χ3n) is 5.04. The monoisotopic (exact) mass is 365 g/mol. The van der Waals surface area contributed by atoms with Gasteiger partial charge in [-0.05, 0) is 36.1 Å². The van der Waals surface area contributed by atoms with E-state index in [2.05, 4.69) is 10.3 Å². The van der Waals surface area contributed by atoms with Crippen molar-refractivity contribution in [3.63, 3.8) is 0 Å². The predicted octanol–water partition coefficient (Wildman–Crippen LogP) is 4.13. The normalized spacial score (nSPS) is 16.0. The lowest BCUT2D eigenvalue weighted by atomic mass is 9.94. The van der Waals surface area contributed by atoms with E-state index in [1.807, 2.05) is 65.4 Å². The smallest absolute Gasteiger partial charge is 0.231 e. The van der Waals surface area contributed by atoms with Crippen LogP contribution in [-0.4, -0.2) is 15.5 Å². The highest BCUT2D eigenvalue weighted by atomic mass is 35.5. The first-order valence-electron chi connectivity index (χ1n) is 8.75. The molecular weight excluding hydrogens is 346 g/mol. The molecule has 1 atom stereocenters. The summed E-state index contributed by atoms with van der Waals surface area (Å²) in [5.41, 5.74) is 1.70.